The van der Waals surface area contributed by atoms with Gasteiger partial charge in [-0.05, 0) is 66.3 Å². The molecule has 0 aliphatic heterocycles. The maximum atomic E-state index is 12.4. The first-order valence-corrected chi connectivity index (χ1v) is 7.59. The van der Waals surface area contributed by atoms with Gasteiger partial charge in [-0.1, -0.05) is 0 Å². The highest BCUT2D eigenvalue weighted by Gasteiger charge is 2.40. The minimum absolute atomic E-state index is 0.108. The third-order valence-electron chi connectivity index (χ3n) is 4.04. The van der Waals surface area contributed by atoms with E-state index in [4.69, 9.17) is 4.74 Å². The van der Waals surface area contributed by atoms with E-state index in [1.165, 1.54) is 0 Å². The van der Waals surface area contributed by atoms with Crippen molar-refractivity contribution < 1.29 is 9.53 Å². The van der Waals surface area contributed by atoms with E-state index >= 15 is 0 Å². The molecule has 2 aliphatic rings. The van der Waals surface area contributed by atoms with Gasteiger partial charge in [-0.15, -0.1) is 0 Å². The molecule has 2 rings (SSSR count). The molecule has 0 aromatic rings. The molecule has 1 amide bonds. The summed E-state index contributed by atoms with van der Waals surface area (Å²) in [4.78, 5) is 14.4. The summed E-state index contributed by atoms with van der Waals surface area (Å²) in [5, 5.41) is 3.34. The van der Waals surface area contributed by atoms with Crippen LogP contribution in [0.4, 0.5) is 4.79 Å². The van der Waals surface area contributed by atoms with Crippen LogP contribution in [0.15, 0.2) is 0 Å². The van der Waals surface area contributed by atoms with Gasteiger partial charge in [-0.3, -0.25) is 0 Å². The molecule has 0 atom stereocenters. The number of ether oxygens (including phenoxy) is 1. The standard InChI is InChI=1S/C15H28N2O2/c1-15(2,3)19-14(18)17(13-9-10-13)12-7-5-11(16-4)6-8-12/h11-13,16H,5-10H2,1-4H3. The highest BCUT2D eigenvalue weighted by atomic mass is 16.6. The average Bonchev–Trinajstić information content (AvgIpc) is 3.12. The van der Waals surface area contributed by atoms with E-state index in [1.807, 2.05) is 32.7 Å². The van der Waals surface area contributed by atoms with Crippen molar-refractivity contribution in [2.45, 2.75) is 83.0 Å². The Hall–Kier alpha value is -0.770. The molecule has 4 heteroatoms. The van der Waals surface area contributed by atoms with Gasteiger partial charge in [0.15, 0.2) is 0 Å². The van der Waals surface area contributed by atoms with Gasteiger partial charge in [-0.2, -0.15) is 0 Å². The molecule has 0 saturated heterocycles. The Bertz CT molecular complexity index is 313. The summed E-state index contributed by atoms with van der Waals surface area (Å²) in [6, 6.07) is 1.44. The third kappa shape index (κ3) is 4.10. The van der Waals surface area contributed by atoms with Crippen LogP contribution in [0.5, 0.6) is 0 Å². The van der Waals surface area contributed by atoms with Crippen LogP contribution < -0.4 is 5.32 Å². The Labute approximate surface area is 116 Å². The minimum atomic E-state index is -0.396. The van der Waals surface area contributed by atoms with Gasteiger partial charge in [0.2, 0.25) is 0 Å². The highest BCUT2D eigenvalue weighted by molar-refractivity contribution is 5.69. The number of amides is 1. The number of nitrogens with zero attached hydrogens (tertiary/aromatic N) is 1. The Morgan fingerprint density at radius 3 is 1.89 bits per heavy atom. The zero-order chi connectivity index (χ0) is 14.0. The first kappa shape index (κ1) is 14.6. The van der Waals surface area contributed by atoms with Crippen molar-refractivity contribution in [3.05, 3.63) is 0 Å². The summed E-state index contributed by atoms with van der Waals surface area (Å²) in [5.74, 6) is 0. The molecule has 0 spiro atoms. The highest BCUT2D eigenvalue weighted by Crippen LogP contribution is 2.34. The average molecular weight is 268 g/mol. The smallest absolute Gasteiger partial charge is 0.410 e. The zero-order valence-electron chi connectivity index (χ0n) is 12.7. The third-order valence-corrected chi connectivity index (χ3v) is 4.04. The van der Waals surface area contributed by atoms with Gasteiger partial charge in [-0.25, -0.2) is 4.79 Å². The van der Waals surface area contributed by atoms with Crippen molar-refractivity contribution in [2.75, 3.05) is 7.05 Å². The molecule has 4 nitrogen and oxygen atoms in total. The largest absolute Gasteiger partial charge is 0.444 e. The van der Waals surface area contributed by atoms with Gasteiger partial charge in [0.05, 0.1) is 0 Å². The number of nitrogens with one attached hydrogen (secondary N) is 1. The maximum Gasteiger partial charge on any atom is 0.410 e. The number of rotatable bonds is 3. The number of hydrogen-bond donors (Lipinski definition) is 1. The van der Waals surface area contributed by atoms with E-state index in [0.717, 1.165) is 38.5 Å². The maximum absolute atomic E-state index is 12.4. The summed E-state index contributed by atoms with van der Waals surface area (Å²) >= 11 is 0. The van der Waals surface area contributed by atoms with Gasteiger partial charge in [0.25, 0.3) is 0 Å². The minimum Gasteiger partial charge on any atom is -0.444 e. The van der Waals surface area contributed by atoms with Crippen molar-refractivity contribution in [2.24, 2.45) is 0 Å². The molecular weight excluding hydrogens is 240 g/mol. The predicted octanol–water partition coefficient (Wildman–Crippen LogP) is 2.92. The van der Waals surface area contributed by atoms with Crippen LogP contribution in [-0.4, -0.2) is 41.8 Å². The predicted molar refractivity (Wildman–Crippen MR) is 76.2 cm³/mol. The fourth-order valence-corrected chi connectivity index (χ4v) is 2.91. The molecule has 0 radical (unpaired) electrons. The normalized spacial score (nSPS) is 28.0. The summed E-state index contributed by atoms with van der Waals surface area (Å²) in [6.07, 6.45) is 6.70. The molecule has 0 unspecified atom stereocenters. The molecule has 19 heavy (non-hydrogen) atoms. The van der Waals surface area contributed by atoms with Crippen LogP contribution >= 0.6 is 0 Å². The number of carbonyl (C=O) groups is 1. The van der Waals surface area contributed by atoms with E-state index in [2.05, 4.69) is 5.32 Å². The lowest BCUT2D eigenvalue weighted by atomic mass is 9.90. The van der Waals surface area contributed by atoms with Gasteiger partial charge < -0.3 is 15.0 Å². The Morgan fingerprint density at radius 2 is 1.53 bits per heavy atom. The number of hydrogen-bond acceptors (Lipinski definition) is 3. The van der Waals surface area contributed by atoms with Crippen LogP contribution in [0.2, 0.25) is 0 Å². The van der Waals surface area contributed by atoms with Crippen LogP contribution in [-0.2, 0) is 4.74 Å². The molecule has 0 bridgehead atoms. The van der Waals surface area contributed by atoms with E-state index in [1.54, 1.807) is 0 Å². The molecule has 2 aliphatic carbocycles. The lowest BCUT2D eigenvalue weighted by Gasteiger charge is -2.37. The fourth-order valence-electron chi connectivity index (χ4n) is 2.91. The second kappa shape index (κ2) is 5.70. The van der Waals surface area contributed by atoms with Crippen LogP contribution in [0.25, 0.3) is 0 Å². The molecule has 2 fully saturated rings. The molecule has 0 heterocycles. The van der Waals surface area contributed by atoms with Crippen LogP contribution in [0.3, 0.4) is 0 Å². The quantitative estimate of drug-likeness (QED) is 0.855. The molecule has 1 N–H and O–H groups in total. The summed E-state index contributed by atoms with van der Waals surface area (Å²) in [6.45, 7) is 5.82. The van der Waals surface area contributed by atoms with Crippen molar-refractivity contribution in [1.82, 2.24) is 10.2 Å². The van der Waals surface area contributed by atoms with E-state index < -0.39 is 5.60 Å². The topological polar surface area (TPSA) is 41.6 Å². The fraction of sp³-hybridized carbons (Fsp3) is 0.933. The Kier molecular flexibility index (Phi) is 4.39. The van der Waals surface area contributed by atoms with E-state index in [-0.39, 0.29) is 6.09 Å². The second-order valence-corrected chi connectivity index (χ2v) is 6.91. The van der Waals surface area contributed by atoms with Crippen molar-refractivity contribution in [3.8, 4) is 0 Å². The first-order valence-electron chi connectivity index (χ1n) is 7.59. The van der Waals surface area contributed by atoms with Crippen molar-refractivity contribution in [1.29, 1.82) is 0 Å². The summed E-state index contributed by atoms with van der Waals surface area (Å²) < 4.78 is 5.58. The van der Waals surface area contributed by atoms with Crippen LogP contribution in [0, 0.1) is 0 Å². The van der Waals surface area contributed by atoms with E-state index in [9.17, 15) is 4.79 Å². The summed E-state index contributed by atoms with van der Waals surface area (Å²) in [5.41, 5.74) is -0.396. The molecule has 2 saturated carbocycles. The SMILES string of the molecule is CNC1CCC(N(C(=O)OC(C)(C)C)C2CC2)CC1. The Morgan fingerprint density at radius 1 is 1.05 bits per heavy atom. The molecular formula is C15H28N2O2. The molecule has 0 aromatic carbocycles. The lowest BCUT2D eigenvalue weighted by molar-refractivity contribution is 0.00895. The Balaban J connectivity index is 1.95. The van der Waals surface area contributed by atoms with Crippen molar-refractivity contribution in [3.63, 3.8) is 0 Å². The first-order chi connectivity index (χ1) is 8.90. The second-order valence-electron chi connectivity index (χ2n) is 6.91. The lowest BCUT2D eigenvalue weighted by Crippen LogP contribution is -2.47. The van der Waals surface area contributed by atoms with E-state index in [0.29, 0.717) is 18.1 Å². The van der Waals surface area contributed by atoms with Crippen LogP contribution in [0.1, 0.15) is 59.3 Å². The molecule has 110 valence electrons. The van der Waals surface area contributed by atoms with Gasteiger partial charge in [0, 0.05) is 18.1 Å². The monoisotopic (exact) mass is 268 g/mol. The molecule has 0 aromatic heterocycles. The van der Waals surface area contributed by atoms with Gasteiger partial charge in [0.1, 0.15) is 5.60 Å². The van der Waals surface area contributed by atoms with Gasteiger partial charge >= 0.3 is 6.09 Å². The zero-order valence-corrected chi connectivity index (χ0v) is 12.7. The number of carbonyl (C=O) groups excluding carboxylic acids is 1. The van der Waals surface area contributed by atoms with Crippen molar-refractivity contribution >= 4 is 6.09 Å². The summed E-state index contributed by atoms with van der Waals surface area (Å²) in [7, 11) is 2.03.